The van der Waals surface area contributed by atoms with Gasteiger partial charge >= 0.3 is 0 Å². The average molecular weight is 273 g/mol. The van der Waals surface area contributed by atoms with Crippen molar-refractivity contribution in [2.24, 2.45) is 5.41 Å². The molecule has 1 atom stereocenters. The van der Waals surface area contributed by atoms with Crippen LogP contribution in [0.25, 0.3) is 0 Å². The molecule has 1 N–H and O–H groups in total. The Bertz CT molecular complexity index is 453. The van der Waals surface area contributed by atoms with Crippen LogP contribution in [0.2, 0.25) is 0 Å². The van der Waals surface area contributed by atoms with Gasteiger partial charge in [-0.3, -0.25) is 0 Å². The van der Waals surface area contributed by atoms with Crippen LogP contribution in [0.15, 0.2) is 24.3 Å². The van der Waals surface area contributed by atoms with Gasteiger partial charge in [0.25, 0.3) is 0 Å². The van der Waals surface area contributed by atoms with E-state index < -0.39 is 11.5 Å². The fourth-order valence-electron chi connectivity index (χ4n) is 3.04. The highest BCUT2D eigenvalue weighted by Gasteiger charge is 2.39. The molecule has 1 aliphatic carbocycles. The lowest BCUT2D eigenvalue weighted by atomic mass is 9.74. The molecule has 20 heavy (non-hydrogen) atoms. The van der Waals surface area contributed by atoms with Crippen LogP contribution >= 0.6 is 0 Å². The normalized spacial score (nSPS) is 19.6. The Morgan fingerprint density at radius 3 is 2.30 bits per heavy atom. The van der Waals surface area contributed by atoms with Crippen molar-refractivity contribution in [2.75, 3.05) is 6.61 Å². The molecule has 0 spiro atoms. The van der Waals surface area contributed by atoms with E-state index in [0.717, 1.165) is 37.0 Å². The van der Waals surface area contributed by atoms with Gasteiger partial charge in [0.2, 0.25) is 0 Å². The molecule has 3 nitrogen and oxygen atoms in total. The van der Waals surface area contributed by atoms with Crippen molar-refractivity contribution in [2.45, 2.75) is 51.6 Å². The Hall–Kier alpha value is -1.53. The minimum absolute atomic E-state index is 0.621. The molecule has 0 saturated heterocycles. The van der Waals surface area contributed by atoms with Gasteiger partial charge in [-0.1, -0.05) is 37.8 Å². The number of nitriles is 1. The largest absolute Gasteiger partial charge is 0.494 e. The molecule has 3 heteroatoms. The Morgan fingerprint density at radius 1 is 1.20 bits per heavy atom. The maximum atomic E-state index is 10.7. The summed E-state index contributed by atoms with van der Waals surface area (Å²) in [5, 5.41) is 20.3. The molecule has 0 heterocycles. The first-order chi connectivity index (χ1) is 9.72. The van der Waals surface area contributed by atoms with E-state index in [1.165, 1.54) is 12.8 Å². The average Bonchev–Trinajstić information content (AvgIpc) is 2.74. The molecular formula is C17H23NO2. The van der Waals surface area contributed by atoms with Crippen molar-refractivity contribution in [3.8, 4) is 11.8 Å². The van der Waals surface area contributed by atoms with Gasteiger partial charge < -0.3 is 9.84 Å². The number of aliphatic hydroxyl groups is 1. The summed E-state index contributed by atoms with van der Waals surface area (Å²) < 4.78 is 5.41. The highest BCUT2D eigenvalue weighted by molar-refractivity contribution is 5.30. The van der Waals surface area contributed by atoms with Gasteiger partial charge in [0.1, 0.15) is 5.75 Å². The Labute approximate surface area is 121 Å². The van der Waals surface area contributed by atoms with Gasteiger partial charge in [0.05, 0.1) is 24.2 Å². The summed E-state index contributed by atoms with van der Waals surface area (Å²) >= 11 is 0. The van der Waals surface area contributed by atoms with Crippen LogP contribution in [0.1, 0.15) is 57.1 Å². The first-order valence-electron chi connectivity index (χ1n) is 7.54. The molecular weight excluding hydrogens is 250 g/mol. The van der Waals surface area contributed by atoms with Crippen molar-refractivity contribution in [3.63, 3.8) is 0 Å². The fraction of sp³-hybridized carbons (Fsp3) is 0.588. The number of aliphatic hydroxyl groups excluding tert-OH is 1. The van der Waals surface area contributed by atoms with E-state index in [-0.39, 0.29) is 0 Å². The summed E-state index contributed by atoms with van der Waals surface area (Å²) in [4.78, 5) is 0. The zero-order valence-corrected chi connectivity index (χ0v) is 12.1. The number of ether oxygens (including phenoxy) is 1. The summed E-state index contributed by atoms with van der Waals surface area (Å²) in [5.41, 5.74) is 0.195. The van der Waals surface area contributed by atoms with E-state index in [1.807, 2.05) is 31.2 Å². The number of hydrogen-bond acceptors (Lipinski definition) is 3. The van der Waals surface area contributed by atoms with E-state index in [0.29, 0.717) is 6.61 Å². The summed E-state index contributed by atoms with van der Waals surface area (Å²) in [6, 6.07) is 9.89. The van der Waals surface area contributed by atoms with Gasteiger partial charge in [-0.2, -0.15) is 5.26 Å². The van der Waals surface area contributed by atoms with Crippen molar-refractivity contribution >= 4 is 0 Å². The molecule has 0 radical (unpaired) electrons. The van der Waals surface area contributed by atoms with Crippen molar-refractivity contribution in [1.82, 2.24) is 0 Å². The third kappa shape index (κ3) is 3.13. The predicted molar refractivity (Wildman–Crippen MR) is 78.3 cm³/mol. The van der Waals surface area contributed by atoms with Crippen LogP contribution in [0.3, 0.4) is 0 Å². The Morgan fingerprint density at radius 2 is 1.80 bits per heavy atom. The van der Waals surface area contributed by atoms with Crippen LogP contribution in [-0.2, 0) is 0 Å². The molecule has 2 rings (SSSR count). The van der Waals surface area contributed by atoms with Crippen LogP contribution in [0.4, 0.5) is 0 Å². The predicted octanol–water partition coefficient (Wildman–Crippen LogP) is 3.98. The van der Waals surface area contributed by atoms with Gasteiger partial charge in [0.15, 0.2) is 0 Å². The molecule has 0 aromatic heterocycles. The second-order valence-corrected chi connectivity index (χ2v) is 5.59. The third-order valence-electron chi connectivity index (χ3n) is 4.25. The maximum Gasteiger partial charge on any atom is 0.119 e. The lowest BCUT2D eigenvalue weighted by molar-refractivity contribution is 0.0516. The molecule has 1 fully saturated rings. The zero-order chi connectivity index (χ0) is 14.4. The van der Waals surface area contributed by atoms with Crippen LogP contribution in [0, 0.1) is 16.7 Å². The van der Waals surface area contributed by atoms with Crippen molar-refractivity contribution in [3.05, 3.63) is 29.8 Å². The summed E-state index contributed by atoms with van der Waals surface area (Å²) in [7, 11) is 0. The molecule has 1 unspecified atom stereocenters. The van der Waals surface area contributed by atoms with Gasteiger partial charge in [-0.25, -0.2) is 0 Å². The van der Waals surface area contributed by atoms with Gasteiger partial charge in [0, 0.05) is 0 Å². The number of rotatable bonds is 4. The molecule has 1 aliphatic rings. The van der Waals surface area contributed by atoms with E-state index in [1.54, 1.807) is 0 Å². The SMILES string of the molecule is CCOc1ccc(C(O)C2(C#N)CCCCCC2)cc1. The van der Waals surface area contributed by atoms with Crippen molar-refractivity contribution < 1.29 is 9.84 Å². The maximum absolute atomic E-state index is 10.7. The number of hydrogen-bond donors (Lipinski definition) is 1. The Balaban J connectivity index is 2.19. The van der Waals surface area contributed by atoms with Gasteiger partial charge in [-0.05, 0) is 37.5 Å². The first kappa shape index (κ1) is 14.9. The molecule has 0 bridgehead atoms. The monoisotopic (exact) mass is 273 g/mol. The third-order valence-corrected chi connectivity index (χ3v) is 4.25. The highest BCUT2D eigenvalue weighted by atomic mass is 16.5. The van der Waals surface area contributed by atoms with Crippen LogP contribution in [0.5, 0.6) is 5.75 Å². The lowest BCUT2D eigenvalue weighted by Gasteiger charge is -2.31. The second kappa shape index (κ2) is 6.76. The van der Waals surface area contributed by atoms with E-state index in [2.05, 4.69) is 6.07 Å². The molecule has 1 saturated carbocycles. The lowest BCUT2D eigenvalue weighted by Crippen LogP contribution is -2.27. The van der Waals surface area contributed by atoms with Crippen LogP contribution in [-0.4, -0.2) is 11.7 Å². The molecule has 108 valence electrons. The smallest absolute Gasteiger partial charge is 0.119 e. The van der Waals surface area contributed by atoms with Crippen LogP contribution < -0.4 is 4.74 Å². The Kier molecular flexibility index (Phi) is 5.03. The van der Waals surface area contributed by atoms with E-state index in [4.69, 9.17) is 4.74 Å². The standard InChI is InChI=1S/C17H23NO2/c1-2-20-15-9-7-14(8-10-15)16(19)17(13-18)11-5-3-4-6-12-17/h7-10,16,19H,2-6,11-12H2,1H3. The summed E-state index contributed by atoms with van der Waals surface area (Å²) in [6.45, 7) is 2.57. The van der Waals surface area contributed by atoms with E-state index >= 15 is 0 Å². The second-order valence-electron chi connectivity index (χ2n) is 5.59. The van der Waals surface area contributed by atoms with Crippen molar-refractivity contribution in [1.29, 1.82) is 5.26 Å². The number of nitrogens with zero attached hydrogens (tertiary/aromatic N) is 1. The molecule has 1 aromatic carbocycles. The molecule has 0 aliphatic heterocycles. The molecule has 0 amide bonds. The first-order valence-corrected chi connectivity index (χ1v) is 7.54. The topological polar surface area (TPSA) is 53.2 Å². The fourth-order valence-corrected chi connectivity index (χ4v) is 3.04. The van der Waals surface area contributed by atoms with E-state index in [9.17, 15) is 10.4 Å². The summed E-state index contributed by atoms with van der Waals surface area (Å²) in [6.07, 6.45) is 5.26. The quantitative estimate of drug-likeness (QED) is 0.844. The zero-order valence-electron chi connectivity index (χ0n) is 12.1. The minimum Gasteiger partial charge on any atom is -0.494 e. The molecule has 1 aromatic rings. The highest BCUT2D eigenvalue weighted by Crippen LogP contribution is 2.44. The summed E-state index contributed by atoms with van der Waals surface area (Å²) in [5.74, 6) is 0.801. The number of benzene rings is 1. The van der Waals surface area contributed by atoms with Gasteiger partial charge in [-0.15, -0.1) is 0 Å². The minimum atomic E-state index is -0.707.